The third-order valence-corrected chi connectivity index (χ3v) is 6.75. The lowest BCUT2D eigenvalue weighted by Gasteiger charge is -1.97. The highest BCUT2D eigenvalue weighted by molar-refractivity contribution is 9.12. The number of benzene rings is 1. The van der Waals surface area contributed by atoms with Crippen molar-refractivity contribution in [2.75, 3.05) is 0 Å². The van der Waals surface area contributed by atoms with Crippen molar-refractivity contribution in [3.05, 3.63) is 54.2 Å². The molecule has 0 saturated carbocycles. The van der Waals surface area contributed by atoms with Gasteiger partial charge in [-0.1, -0.05) is 30.3 Å². The van der Waals surface area contributed by atoms with Crippen molar-refractivity contribution >= 4 is 70.4 Å². The van der Waals surface area contributed by atoms with E-state index in [1.807, 2.05) is 6.07 Å². The van der Waals surface area contributed by atoms with Crippen LogP contribution in [0.15, 0.2) is 37.9 Å². The molecule has 2 heterocycles. The van der Waals surface area contributed by atoms with Gasteiger partial charge in [-0.05, 0) is 31.9 Å². The largest absolute Gasteiger partial charge is 0.288 e. The van der Waals surface area contributed by atoms with Crippen LogP contribution < -0.4 is 0 Å². The van der Waals surface area contributed by atoms with E-state index in [-0.39, 0.29) is 10.7 Å². The van der Waals surface area contributed by atoms with Crippen molar-refractivity contribution in [2.45, 2.75) is 0 Å². The van der Waals surface area contributed by atoms with Crippen molar-refractivity contribution in [1.29, 1.82) is 0 Å². The Bertz CT molecular complexity index is 777. The molecule has 0 N–H and O–H groups in total. The molecule has 0 radical (unpaired) electrons. The second-order valence-electron chi connectivity index (χ2n) is 3.79. The van der Waals surface area contributed by atoms with Crippen LogP contribution in [0.1, 0.15) is 15.2 Å². The molecule has 1 nitrogen and oxygen atoms in total. The fourth-order valence-electron chi connectivity index (χ4n) is 1.77. The highest BCUT2D eigenvalue weighted by Gasteiger charge is 2.24. The van der Waals surface area contributed by atoms with Crippen LogP contribution in [0.25, 0.3) is 10.1 Å². The summed E-state index contributed by atoms with van der Waals surface area (Å²) in [6.07, 6.45) is 0. The van der Waals surface area contributed by atoms with Crippen LogP contribution in [-0.2, 0) is 0 Å². The summed E-state index contributed by atoms with van der Waals surface area (Å²) >= 11 is 9.32. The Kier molecular flexibility index (Phi) is 3.59. The van der Waals surface area contributed by atoms with Gasteiger partial charge in [-0.2, -0.15) is 0 Å². The topological polar surface area (TPSA) is 17.1 Å². The van der Waals surface area contributed by atoms with Crippen LogP contribution in [-0.4, -0.2) is 5.78 Å². The minimum absolute atomic E-state index is 0.158. The van der Waals surface area contributed by atoms with E-state index < -0.39 is 5.82 Å². The molecule has 96 valence electrons. The zero-order chi connectivity index (χ0) is 13.6. The molecular weight excluding hydrogens is 415 g/mol. The Morgan fingerprint density at radius 2 is 1.74 bits per heavy atom. The Hall–Kier alpha value is -0.560. The summed E-state index contributed by atoms with van der Waals surface area (Å²) in [6.45, 7) is 0. The molecule has 0 spiro atoms. The van der Waals surface area contributed by atoms with Gasteiger partial charge in [0, 0.05) is 5.56 Å². The highest BCUT2D eigenvalue weighted by Crippen LogP contribution is 2.46. The molecule has 19 heavy (non-hydrogen) atoms. The molecule has 0 bridgehead atoms. The molecule has 0 fully saturated rings. The molecule has 0 atom stereocenters. The summed E-state index contributed by atoms with van der Waals surface area (Å²) in [7, 11) is 0. The maximum Gasteiger partial charge on any atom is 0.205 e. The van der Waals surface area contributed by atoms with E-state index in [0.29, 0.717) is 14.7 Å². The van der Waals surface area contributed by atoms with E-state index in [9.17, 15) is 9.18 Å². The summed E-state index contributed by atoms with van der Waals surface area (Å²) < 4.78 is 16.7. The second kappa shape index (κ2) is 5.09. The summed E-state index contributed by atoms with van der Waals surface area (Å²) in [5.74, 6) is -0.717. The molecule has 0 unspecified atom stereocenters. The molecule has 1 aromatic carbocycles. The average Bonchev–Trinajstić information content (AvgIpc) is 2.89. The van der Waals surface area contributed by atoms with Crippen molar-refractivity contribution in [3.63, 3.8) is 0 Å². The first-order chi connectivity index (χ1) is 9.09. The Morgan fingerprint density at radius 3 is 2.37 bits per heavy atom. The van der Waals surface area contributed by atoms with Gasteiger partial charge in [-0.25, -0.2) is 4.39 Å². The van der Waals surface area contributed by atoms with Gasteiger partial charge in [-0.15, -0.1) is 22.7 Å². The zero-order valence-corrected chi connectivity index (χ0v) is 14.1. The van der Waals surface area contributed by atoms with Crippen molar-refractivity contribution in [1.82, 2.24) is 0 Å². The van der Waals surface area contributed by atoms with Crippen molar-refractivity contribution < 1.29 is 9.18 Å². The van der Waals surface area contributed by atoms with Crippen molar-refractivity contribution in [3.8, 4) is 0 Å². The molecule has 2 aromatic heterocycles. The van der Waals surface area contributed by atoms with Crippen LogP contribution in [0.3, 0.4) is 0 Å². The smallest absolute Gasteiger partial charge is 0.205 e. The fraction of sp³-hybridized carbons (Fsp3) is 0. The Labute approximate surface area is 133 Å². The quantitative estimate of drug-likeness (QED) is 0.475. The summed E-state index contributed by atoms with van der Waals surface area (Å²) in [5, 5.41) is 0.487. The normalized spacial score (nSPS) is 11.1. The number of halogens is 3. The number of carbonyl (C=O) groups excluding carboxylic acids is 1. The minimum Gasteiger partial charge on any atom is -0.288 e. The van der Waals surface area contributed by atoms with Gasteiger partial charge in [-0.3, -0.25) is 4.79 Å². The Morgan fingerprint density at radius 1 is 1.05 bits per heavy atom. The molecular formula is C13H5Br2FOS2. The monoisotopic (exact) mass is 418 g/mol. The van der Waals surface area contributed by atoms with Crippen LogP contribution >= 0.6 is 54.5 Å². The summed E-state index contributed by atoms with van der Waals surface area (Å²) in [5.41, 5.74) is 0.501. The SMILES string of the molecule is O=C(c1ccccc1)c1sc2c(Br)sc(Br)c2c1F. The van der Waals surface area contributed by atoms with Gasteiger partial charge in [0.2, 0.25) is 5.78 Å². The predicted molar refractivity (Wildman–Crippen MR) is 84.9 cm³/mol. The van der Waals surface area contributed by atoms with Crippen LogP contribution in [0.4, 0.5) is 4.39 Å². The third kappa shape index (κ3) is 2.20. The third-order valence-electron chi connectivity index (χ3n) is 2.65. The first-order valence-corrected chi connectivity index (χ1v) is 8.47. The van der Waals surface area contributed by atoms with E-state index in [1.54, 1.807) is 24.3 Å². The highest BCUT2D eigenvalue weighted by atomic mass is 79.9. The van der Waals surface area contributed by atoms with Crippen LogP contribution in [0.2, 0.25) is 0 Å². The Balaban J connectivity index is 2.19. The molecule has 0 amide bonds. The van der Waals surface area contributed by atoms with E-state index >= 15 is 0 Å². The number of rotatable bonds is 2. The average molecular weight is 420 g/mol. The molecule has 0 aliphatic rings. The lowest BCUT2D eigenvalue weighted by atomic mass is 10.1. The molecule has 0 aliphatic carbocycles. The number of fused-ring (bicyclic) bond motifs is 1. The van der Waals surface area contributed by atoms with E-state index in [1.165, 1.54) is 22.7 Å². The van der Waals surface area contributed by atoms with Gasteiger partial charge < -0.3 is 0 Å². The molecule has 0 aliphatic heterocycles. The van der Waals surface area contributed by atoms with E-state index in [0.717, 1.165) is 8.49 Å². The first kappa shape index (κ1) is 13.4. The number of hydrogen-bond donors (Lipinski definition) is 0. The van der Waals surface area contributed by atoms with E-state index in [2.05, 4.69) is 31.9 Å². The zero-order valence-electron chi connectivity index (χ0n) is 9.25. The summed E-state index contributed by atoms with van der Waals surface area (Å²) in [6, 6.07) is 8.75. The van der Waals surface area contributed by atoms with Gasteiger partial charge in [0.1, 0.15) is 4.88 Å². The number of hydrogen-bond acceptors (Lipinski definition) is 3. The number of ketones is 1. The fourth-order valence-corrected chi connectivity index (χ4v) is 6.28. The van der Waals surface area contributed by atoms with Crippen LogP contribution in [0.5, 0.6) is 0 Å². The first-order valence-electron chi connectivity index (χ1n) is 5.25. The summed E-state index contributed by atoms with van der Waals surface area (Å²) in [4.78, 5) is 12.5. The number of carbonyl (C=O) groups is 1. The number of thiophene rings is 2. The van der Waals surface area contributed by atoms with Gasteiger partial charge in [0.25, 0.3) is 0 Å². The van der Waals surface area contributed by atoms with Crippen LogP contribution in [0, 0.1) is 5.82 Å². The van der Waals surface area contributed by atoms with Gasteiger partial charge in [0.15, 0.2) is 5.82 Å². The lowest BCUT2D eigenvalue weighted by molar-refractivity contribution is 0.103. The van der Waals surface area contributed by atoms with Gasteiger partial charge in [0.05, 0.1) is 17.7 Å². The van der Waals surface area contributed by atoms with Gasteiger partial charge >= 0.3 is 0 Å². The minimum atomic E-state index is -0.442. The van der Waals surface area contributed by atoms with Crippen molar-refractivity contribution in [2.24, 2.45) is 0 Å². The molecule has 0 saturated heterocycles. The second-order valence-corrected chi connectivity index (χ2v) is 8.47. The molecule has 3 rings (SSSR count). The lowest BCUT2D eigenvalue weighted by Crippen LogP contribution is -2.00. The standard InChI is InChI=1S/C13H5Br2FOS2/c14-12-7-8(16)11(18-10(7)13(15)19-12)9(17)6-4-2-1-3-5-6/h1-5H. The molecule has 6 heteroatoms. The van der Waals surface area contributed by atoms with E-state index in [4.69, 9.17) is 0 Å². The predicted octanol–water partition coefficient (Wildman–Crippen LogP) is 5.86. The molecule has 3 aromatic rings. The maximum absolute atomic E-state index is 14.4. The maximum atomic E-state index is 14.4.